The Bertz CT molecular complexity index is 1850. The van der Waals surface area contributed by atoms with Gasteiger partial charge in [0.1, 0.15) is 11.5 Å². The number of benzene rings is 5. The summed E-state index contributed by atoms with van der Waals surface area (Å²) in [6, 6.07) is 38.4. The summed E-state index contributed by atoms with van der Waals surface area (Å²) >= 11 is 0. The lowest BCUT2D eigenvalue weighted by atomic mass is 9.63. The third-order valence-electron chi connectivity index (χ3n) is 9.73. The van der Waals surface area contributed by atoms with Crippen molar-refractivity contribution in [1.82, 2.24) is 0 Å². The summed E-state index contributed by atoms with van der Waals surface area (Å²) in [6.07, 6.45) is 0. The van der Waals surface area contributed by atoms with Gasteiger partial charge < -0.3 is 19.8 Å². The van der Waals surface area contributed by atoms with E-state index >= 15 is 0 Å². The highest BCUT2D eigenvalue weighted by atomic mass is 16.7. The number of hydrogen-bond donors (Lipinski definition) is 1. The van der Waals surface area contributed by atoms with Crippen LogP contribution in [-0.4, -0.2) is 18.3 Å². The normalized spacial score (nSPS) is 18.1. The quantitative estimate of drug-likeness (QED) is 0.177. The Morgan fingerprint density at radius 2 is 1.07 bits per heavy atom. The molecular formula is C37H32BNO3. The molecule has 1 aliphatic carbocycles. The largest absolute Gasteiger partial charge is 0.498 e. The summed E-state index contributed by atoms with van der Waals surface area (Å²) in [5.41, 5.74) is 15.5. The van der Waals surface area contributed by atoms with Gasteiger partial charge in [-0.25, -0.2) is 0 Å². The van der Waals surface area contributed by atoms with Gasteiger partial charge in [-0.2, -0.15) is 0 Å². The van der Waals surface area contributed by atoms with Gasteiger partial charge in [0.25, 0.3) is 0 Å². The van der Waals surface area contributed by atoms with Crippen LogP contribution in [-0.2, 0) is 14.7 Å². The van der Waals surface area contributed by atoms with Gasteiger partial charge in [0.2, 0.25) is 0 Å². The van der Waals surface area contributed by atoms with E-state index in [1.54, 1.807) is 0 Å². The summed E-state index contributed by atoms with van der Waals surface area (Å²) < 4.78 is 20.3. The number of para-hydroxylation sites is 2. The van der Waals surface area contributed by atoms with Gasteiger partial charge in [0.15, 0.2) is 0 Å². The fourth-order valence-corrected chi connectivity index (χ4v) is 7.06. The average molecular weight is 549 g/mol. The van der Waals surface area contributed by atoms with Gasteiger partial charge in [-0.3, -0.25) is 0 Å². The van der Waals surface area contributed by atoms with Crippen molar-refractivity contribution in [3.63, 3.8) is 0 Å². The number of hydrogen-bond acceptors (Lipinski definition) is 4. The Balaban J connectivity index is 1.48. The van der Waals surface area contributed by atoms with E-state index in [-0.39, 0.29) is 0 Å². The molecule has 0 unspecified atom stereocenters. The van der Waals surface area contributed by atoms with Crippen molar-refractivity contribution in [3.05, 3.63) is 131 Å². The van der Waals surface area contributed by atoms with Gasteiger partial charge in [0, 0.05) is 27.8 Å². The smallest absolute Gasteiger partial charge is 0.456 e. The minimum Gasteiger partial charge on any atom is -0.456 e. The number of nitrogens with two attached hydrogens (primary N) is 1. The first-order chi connectivity index (χ1) is 20.2. The third kappa shape index (κ3) is 3.26. The Morgan fingerprint density at radius 3 is 1.71 bits per heavy atom. The molecular weight excluding hydrogens is 517 g/mol. The summed E-state index contributed by atoms with van der Waals surface area (Å²) in [4.78, 5) is 0. The lowest BCUT2D eigenvalue weighted by molar-refractivity contribution is 0.00578. The van der Waals surface area contributed by atoms with Crippen molar-refractivity contribution in [2.24, 2.45) is 0 Å². The van der Waals surface area contributed by atoms with Crippen LogP contribution in [0.3, 0.4) is 0 Å². The molecule has 2 N–H and O–H groups in total. The van der Waals surface area contributed by atoms with Crippen molar-refractivity contribution in [2.75, 3.05) is 5.73 Å². The molecule has 5 aromatic rings. The van der Waals surface area contributed by atoms with E-state index in [0.717, 1.165) is 39.2 Å². The van der Waals surface area contributed by atoms with Crippen LogP contribution in [0.2, 0.25) is 0 Å². The molecule has 42 heavy (non-hydrogen) atoms. The first kappa shape index (κ1) is 25.4. The van der Waals surface area contributed by atoms with Crippen molar-refractivity contribution in [1.29, 1.82) is 0 Å². The second-order valence-corrected chi connectivity index (χ2v) is 12.6. The number of ether oxygens (including phenoxy) is 1. The Labute approximate surface area is 247 Å². The molecule has 8 rings (SSSR count). The molecule has 2 aliphatic heterocycles. The van der Waals surface area contributed by atoms with E-state index in [2.05, 4.69) is 119 Å². The van der Waals surface area contributed by atoms with E-state index in [4.69, 9.17) is 19.8 Å². The van der Waals surface area contributed by atoms with Crippen molar-refractivity contribution in [2.45, 2.75) is 44.3 Å². The molecule has 0 amide bonds. The molecule has 4 nitrogen and oxygen atoms in total. The fourth-order valence-electron chi connectivity index (χ4n) is 7.06. The Kier molecular flexibility index (Phi) is 5.20. The van der Waals surface area contributed by atoms with Crippen molar-refractivity contribution >= 4 is 18.3 Å². The van der Waals surface area contributed by atoms with Gasteiger partial charge in [0.05, 0.1) is 16.6 Å². The highest BCUT2D eigenvalue weighted by Gasteiger charge is 2.56. The minimum absolute atomic E-state index is 0.482. The minimum atomic E-state index is -0.591. The zero-order chi connectivity index (χ0) is 28.9. The molecule has 5 heteroatoms. The Hall–Kier alpha value is -4.32. The Morgan fingerprint density at radius 1 is 0.548 bits per heavy atom. The number of fused-ring (bicyclic) bond motifs is 9. The van der Waals surface area contributed by atoms with E-state index in [1.807, 2.05) is 18.2 Å². The lowest BCUT2D eigenvalue weighted by Gasteiger charge is -2.41. The summed E-state index contributed by atoms with van der Waals surface area (Å²) in [7, 11) is -0.574. The highest BCUT2D eigenvalue weighted by Crippen LogP contribution is 2.63. The number of rotatable bonds is 2. The maximum absolute atomic E-state index is 7.10. The zero-order valence-corrected chi connectivity index (χ0v) is 24.3. The molecule has 3 aliphatic rings. The maximum atomic E-state index is 7.10. The van der Waals surface area contributed by atoms with Gasteiger partial charge >= 0.3 is 7.12 Å². The van der Waals surface area contributed by atoms with Crippen LogP contribution in [0, 0.1) is 0 Å². The predicted molar refractivity (Wildman–Crippen MR) is 169 cm³/mol. The van der Waals surface area contributed by atoms with Crippen LogP contribution in [0.25, 0.3) is 22.3 Å². The molecule has 2 heterocycles. The zero-order valence-electron chi connectivity index (χ0n) is 24.3. The van der Waals surface area contributed by atoms with Gasteiger partial charge in [-0.15, -0.1) is 0 Å². The second kappa shape index (κ2) is 8.60. The molecule has 206 valence electrons. The highest BCUT2D eigenvalue weighted by molar-refractivity contribution is 6.63. The summed E-state index contributed by atoms with van der Waals surface area (Å²) in [5.74, 6) is 1.61. The van der Waals surface area contributed by atoms with Crippen LogP contribution >= 0.6 is 0 Å². The number of nitrogen functional groups attached to an aromatic ring is 1. The molecule has 0 saturated carbocycles. The van der Waals surface area contributed by atoms with Gasteiger partial charge in [-0.05, 0) is 67.6 Å². The molecule has 0 aromatic heterocycles. The SMILES string of the molecule is CC1(C)OB(c2cccc3c2Oc2c(-c4cccc(N)c4)cccc2C32c3ccccc3-c3ccccc32)OC1(C)C. The molecule has 5 aromatic carbocycles. The van der Waals surface area contributed by atoms with Crippen LogP contribution in [0.15, 0.2) is 109 Å². The predicted octanol–water partition coefficient (Wildman–Crippen LogP) is 7.70. The lowest BCUT2D eigenvalue weighted by Crippen LogP contribution is -2.41. The monoisotopic (exact) mass is 549 g/mol. The first-order valence-corrected chi connectivity index (χ1v) is 14.6. The standard InChI is InChI=1S/C37H32BNO3/c1-35(2)36(3,4)42-38(41-35)32-21-11-20-31-34(32)40-33-25(23-12-9-13-24(39)22-23)16-10-19-30(33)37(31)28-17-7-5-14-26(28)27-15-6-8-18-29(27)37/h5-22H,39H2,1-4H3. The topological polar surface area (TPSA) is 53.7 Å². The average Bonchev–Trinajstić information content (AvgIpc) is 3.39. The summed E-state index contributed by atoms with van der Waals surface area (Å²) in [5, 5.41) is 0. The molecule has 0 atom stereocenters. The first-order valence-electron chi connectivity index (χ1n) is 14.6. The molecule has 0 bridgehead atoms. The van der Waals surface area contributed by atoms with E-state index in [9.17, 15) is 0 Å². The molecule has 1 saturated heterocycles. The van der Waals surface area contributed by atoms with Gasteiger partial charge in [-0.1, -0.05) is 97.1 Å². The van der Waals surface area contributed by atoms with Crippen LogP contribution in [0.1, 0.15) is 49.9 Å². The van der Waals surface area contributed by atoms with Crippen LogP contribution in [0.4, 0.5) is 5.69 Å². The number of anilines is 1. The van der Waals surface area contributed by atoms with E-state index < -0.39 is 23.7 Å². The van der Waals surface area contributed by atoms with E-state index in [1.165, 1.54) is 22.3 Å². The van der Waals surface area contributed by atoms with Crippen molar-refractivity contribution < 1.29 is 14.0 Å². The van der Waals surface area contributed by atoms with Crippen LogP contribution in [0.5, 0.6) is 11.5 Å². The van der Waals surface area contributed by atoms with Crippen molar-refractivity contribution in [3.8, 4) is 33.8 Å². The molecule has 1 spiro atoms. The second-order valence-electron chi connectivity index (χ2n) is 12.6. The maximum Gasteiger partial charge on any atom is 0.498 e. The summed E-state index contributed by atoms with van der Waals surface area (Å²) in [6.45, 7) is 8.34. The third-order valence-corrected chi connectivity index (χ3v) is 9.73. The molecule has 1 fully saturated rings. The fraction of sp³-hybridized carbons (Fsp3) is 0.189. The molecule has 0 radical (unpaired) electrons. The van der Waals surface area contributed by atoms with E-state index in [0.29, 0.717) is 5.69 Å². The van der Waals surface area contributed by atoms with Crippen LogP contribution < -0.4 is 15.9 Å².